The van der Waals surface area contributed by atoms with Gasteiger partial charge in [0.1, 0.15) is 11.6 Å². The first-order valence-electron chi connectivity index (χ1n) is 8.06. The van der Waals surface area contributed by atoms with Crippen molar-refractivity contribution in [1.82, 2.24) is 9.97 Å². The topological polar surface area (TPSA) is 65.9 Å². The van der Waals surface area contributed by atoms with Crippen LogP contribution in [0.25, 0.3) is 33.5 Å². The van der Waals surface area contributed by atoms with Crippen molar-refractivity contribution in [3.8, 4) is 22.5 Å². The van der Waals surface area contributed by atoms with Gasteiger partial charge in [-0.25, -0.2) is 18.7 Å². The van der Waals surface area contributed by atoms with Gasteiger partial charge in [0.15, 0.2) is 0 Å². The van der Waals surface area contributed by atoms with Gasteiger partial charge in [-0.2, -0.15) is 0 Å². The monoisotopic (exact) mass is 361 g/mol. The molecule has 0 saturated carbocycles. The number of fused-ring (bicyclic) bond motifs is 1. The molecule has 0 radical (unpaired) electrons. The highest BCUT2D eigenvalue weighted by Gasteiger charge is 2.14. The summed E-state index contributed by atoms with van der Waals surface area (Å²) in [7, 11) is 0. The van der Waals surface area contributed by atoms with Crippen molar-refractivity contribution in [2.24, 2.45) is 0 Å². The summed E-state index contributed by atoms with van der Waals surface area (Å²) in [6.45, 7) is 0. The quantitative estimate of drug-likeness (QED) is 0.559. The highest BCUT2D eigenvalue weighted by molar-refractivity contribution is 5.93. The molecule has 4 nitrogen and oxygen atoms in total. The third kappa shape index (κ3) is 3.25. The number of carbonyl (C=O) groups excluding carboxylic acids is 1. The zero-order chi connectivity index (χ0) is 19.0. The van der Waals surface area contributed by atoms with E-state index in [1.807, 2.05) is 0 Å². The minimum atomic E-state index is -1.32. The molecule has 6 heteroatoms. The Bertz CT molecular complexity index is 1160. The van der Waals surface area contributed by atoms with Gasteiger partial charge in [0, 0.05) is 11.1 Å². The molecule has 27 heavy (non-hydrogen) atoms. The van der Waals surface area contributed by atoms with Gasteiger partial charge in [-0.15, -0.1) is 0 Å². The van der Waals surface area contributed by atoms with Crippen LogP contribution in [0.2, 0.25) is 0 Å². The van der Waals surface area contributed by atoms with Crippen LogP contribution in [0.15, 0.2) is 66.7 Å². The molecule has 0 bridgehead atoms. The van der Waals surface area contributed by atoms with Gasteiger partial charge in [0.05, 0.1) is 28.4 Å². The molecule has 0 amide bonds. The lowest BCUT2D eigenvalue weighted by molar-refractivity contribution is -0.255. The molecule has 0 atom stereocenters. The molecule has 1 heterocycles. The van der Waals surface area contributed by atoms with E-state index >= 15 is 0 Å². The number of carbonyl (C=O) groups is 1. The molecule has 4 rings (SSSR count). The van der Waals surface area contributed by atoms with E-state index in [1.54, 1.807) is 24.3 Å². The normalized spacial score (nSPS) is 10.9. The molecule has 0 unspecified atom stereocenters. The summed E-state index contributed by atoms with van der Waals surface area (Å²) >= 11 is 0. The van der Waals surface area contributed by atoms with Gasteiger partial charge < -0.3 is 9.90 Å². The predicted octanol–water partition coefficient (Wildman–Crippen LogP) is 3.61. The summed E-state index contributed by atoms with van der Waals surface area (Å²) in [5.41, 5.74) is 2.97. The van der Waals surface area contributed by atoms with Crippen LogP contribution in [0.1, 0.15) is 10.4 Å². The van der Waals surface area contributed by atoms with Crippen molar-refractivity contribution in [2.45, 2.75) is 0 Å². The maximum atomic E-state index is 13.3. The molecule has 132 valence electrons. The number of nitrogens with zero attached hydrogens (tertiary/aromatic N) is 2. The molecule has 0 spiro atoms. The average Bonchev–Trinajstić information content (AvgIpc) is 2.68. The van der Waals surface area contributed by atoms with Crippen molar-refractivity contribution < 1.29 is 18.7 Å². The Balaban J connectivity index is 2.00. The largest absolute Gasteiger partial charge is 0.545 e. The molecule has 3 aromatic carbocycles. The van der Waals surface area contributed by atoms with Gasteiger partial charge in [-0.05, 0) is 66.2 Å². The molecule has 0 aliphatic heterocycles. The maximum absolute atomic E-state index is 13.3. The van der Waals surface area contributed by atoms with Gasteiger partial charge in [-0.3, -0.25) is 0 Å². The number of halogens is 2. The molecule has 0 aliphatic carbocycles. The molecule has 4 aromatic rings. The fourth-order valence-electron chi connectivity index (χ4n) is 2.80. The lowest BCUT2D eigenvalue weighted by Gasteiger charge is -2.12. The van der Waals surface area contributed by atoms with E-state index in [1.165, 1.54) is 42.5 Å². The zero-order valence-corrected chi connectivity index (χ0v) is 13.8. The van der Waals surface area contributed by atoms with Crippen LogP contribution in [-0.2, 0) is 0 Å². The maximum Gasteiger partial charge on any atom is 0.123 e. The lowest BCUT2D eigenvalue weighted by Crippen LogP contribution is -2.22. The van der Waals surface area contributed by atoms with Crippen LogP contribution >= 0.6 is 0 Å². The van der Waals surface area contributed by atoms with E-state index in [9.17, 15) is 18.7 Å². The summed E-state index contributed by atoms with van der Waals surface area (Å²) in [5, 5.41) is 11.1. The van der Waals surface area contributed by atoms with E-state index in [-0.39, 0.29) is 11.4 Å². The molecular weight excluding hydrogens is 350 g/mol. The Morgan fingerprint density at radius 2 is 1.19 bits per heavy atom. The van der Waals surface area contributed by atoms with Crippen LogP contribution < -0.4 is 5.11 Å². The van der Waals surface area contributed by atoms with Crippen LogP contribution in [0.5, 0.6) is 0 Å². The first kappa shape index (κ1) is 16.8. The van der Waals surface area contributed by atoms with Crippen molar-refractivity contribution in [1.29, 1.82) is 0 Å². The van der Waals surface area contributed by atoms with Gasteiger partial charge in [0.25, 0.3) is 0 Å². The van der Waals surface area contributed by atoms with Crippen molar-refractivity contribution in [2.75, 3.05) is 0 Å². The van der Waals surface area contributed by atoms with Crippen molar-refractivity contribution in [3.05, 3.63) is 83.9 Å². The van der Waals surface area contributed by atoms with E-state index in [0.29, 0.717) is 33.5 Å². The number of aromatic carboxylic acids is 1. The Kier molecular flexibility index (Phi) is 4.08. The average molecular weight is 361 g/mol. The Labute approximate surface area is 152 Å². The van der Waals surface area contributed by atoms with Gasteiger partial charge >= 0.3 is 0 Å². The fraction of sp³-hybridized carbons (Fsp3) is 0. The number of hydrogen-bond donors (Lipinski definition) is 0. The van der Waals surface area contributed by atoms with Crippen LogP contribution in [0.4, 0.5) is 8.78 Å². The van der Waals surface area contributed by atoms with E-state index < -0.39 is 11.8 Å². The fourth-order valence-corrected chi connectivity index (χ4v) is 2.80. The van der Waals surface area contributed by atoms with Gasteiger partial charge in [-0.1, -0.05) is 6.07 Å². The zero-order valence-electron chi connectivity index (χ0n) is 13.8. The second kappa shape index (κ2) is 6.57. The summed E-state index contributed by atoms with van der Waals surface area (Å²) in [6.07, 6.45) is 0. The molecule has 1 aromatic heterocycles. The Morgan fingerprint density at radius 1 is 0.704 bits per heavy atom. The summed E-state index contributed by atoms with van der Waals surface area (Å²) in [5.74, 6) is -2.09. The first-order valence-corrected chi connectivity index (χ1v) is 8.06. The Hall–Kier alpha value is -3.67. The molecule has 0 aliphatic rings. The van der Waals surface area contributed by atoms with E-state index in [2.05, 4.69) is 9.97 Å². The third-order valence-corrected chi connectivity index (χ3v) is 4.14. The molecular formula is C21H11F2N2O2-. The number of rotatable bonds is 3. The molecule has 0 N–H and O–H groups in total. The van der Waals surface area contributed by atoms with Crippen molar-refractivity contribution >= 4 is 17.0 Å². The molecule has 0 saturated heterocycles. The van der Waals surface area contributed by atoms with E-state index in [0.717, 1.165) is 0 Å². The Morgan fingerprint density at radius 3 is 1.67 bits per heavy atom. The highest BCUT2D eigenvalue weighted by atomic mass is 19.1. The second-order valence-electron chi connectivity index (χ2n) is 5.93. The smallest absolute Gasteiger partial charge is 0.123 e. The van der Waals surface area contributed by atoms with Crippen LogP contribution in [0, 0.1) is 11.6 Å². The van der Waals surface area contributed by atoms with Crippen LogP contribution in [0.3, 0.4) is 0 Å². The number of carboxylic acids is 1. The SMILES string of the molecule is O=C([O-])c1ccc2nc(-c3ccc(F)cc3)c(-c3ccc(F)cc3)nc2c1. The van der Waals surface area contributed by atoms with Gasteiger partial charge in [0.2, 0.25) is 0 Å². The summed E-state index contributed by atoms with van der Waals surface area (Å²) in [4.78, 5) is 20.3. The minimum Gasteiger partial charge on any atom is -0.545 e. The highest BCUT2D eigenvalue weighted by Crippen LogP contribution is 2.31. The number of aromatic nitrogens is 2. The second-order valence-corrected chi connectivity index (χ2v) is 5.93. The van der Waals surface area contributed by atoms with Crippen molar-refractivity contribution in [3.63, 3.8) is 0 Å². The minimum absolute atomic E-state index is 0.0172. The predicted molar refractivity (Wildman–Crippen MR) is 94.7 cm³/mol. The number of hydrogen-bond acceptors (Lipinski definition) is 4. The number of benzene rings is 3. The summed E-state index contributed by atoms with van der Waals surface area (Å²) < 4.78 is 26.6. The first-order chi connectivity index (χ1) is 13.0. The summed E-state index contributed by atoms with van der Waals surface area (Å²) in [6, 6.07) is 15.8. The lowest BCUT2D eigenvalue weighted by atomic mass is 10.0. The number of carboxylic acid groups (broad SMARTS) is 1. The van der Waals surface area contributed by atoms with Crippen LogP contribution in [-0.4, -0.2) is 15.9 Å². The van der Waals surface area contributed by atoms with E-state index in [4.69, 9.17) is 0 Å². The third-order valence-electron chi connectivity index (χ3n) is 4.14. The standard InChI is InChI=1S/C21H12F2N2O2/c22-15-6-1-12(2-7-15)19-20(13-3-8-16(23)9-4-13)25-18-11-14(21(26)27)5-10-17(18)24-19/h1-11H,(H,26,27)/p-1. The molecule has 0 fully saturated rings.